The lowest BCUT2D eigenvalue weighted by Gasteiger charge is -2.24. The summed E-state index contributed by atoms with van der Waals surface area (Å²) in [6.07, 6.45) is -0.702. The van der Waals surface area contributed by atoms with Gasteiger partial charge < -0.3 is 35.3 Å². The van der Waals surface area contributed by atoms with E-state index in [4.69, 9.17) is 24.7 Å². The first-order valence-corrected chi connectivity index (χ1v) is 15.9. The van der Waals surface area contributed by atoms with Crippen molar-refractivity contribution in [3.63, 3.8) is 0 Å². The Bertz CT molecular complexity index is 1380. The van der Waals surface area contributed by atoms with E-state index in [2.05, 4.69) is 10.6 Å². The van der Waals surface area contributed by atoms with Crippen molar-refractivity contribution in [2.24, 2.45) is 5.73 Å². The molecule has 0 unspecified atom stereocenters. The van der Waals surface area contributed by atoms with E-state index in [1.54, 1.807) is 41.5 Å². The van der Waals surface area contributed by atoms with E-state index < -0.39 is 53.4 Å². The lowest BCUT2D eigenvalue weighted by Crippen LogP contribution is -2.45. The van der Waals surface area contributed by atoms with Crippen molar-refractivity contribution < 1.29 is 42.9 Å². The van der Waals surface area contributed by atoms with Crippen LogP contribution in [-0.2, 0) is 33.3 Å². The van der Waals surface area contributed by atoms with Crippen LogP contribution in [0.3, 0.4) is 0 Å². The van der Waals surface area contributed by atoms with Gasteiger partial charge in [-0.2, -0.15) is 0 Å². The first-order chi connectivity index (χ1) is 22.0. The molecule has 0 aliphatic heterocycles. The van der Waals surface area contributed by atoms with Crippen molar-refractivity contribution in [1.29, 1.82) is 0 Å². The van der Waals surface area contributed by atoms with Crippen LogP contribution in [0.25, 0.3) is 11.1 Å². The Kier molecular flexibility index (Phi) is 12.9. The van der Waals surface area contributed by atoms with Gasteiger partial charge in [-0.3, -0.25) is 4.79 Å². The summed E-state index contributed by atoms with van der Waals surface area (Å²) in [7, 11) is 0. The zero-order chi connectivity index (χ0) is 34.8. The second kappa shape index (κ2) is 16.4. The van der Waals surface area contributed by atoms with Gasteiger partial charge in [-0.1, -0.05) is 48.5 Å². The van der Waals surface area contributed by atoms with E-state index in [1.807, 2.05) is 48.5 Å². The fraction of sp³-hybridized carbons (Fsp3) is 0.514. The molecule has 2 aromatic rings. The maximum atomic E-state index is 12.9. The number of benzene rings is 2. The predicted octanol–water partition coefficient (Wildman–Crippen LogP) is 5.11. The average Bonchev–Trinajstić information content (AvgIpc) is 3.29. The van der Waals surface area contributed by atoms with Crippen molar-refractivity contribution >= 4 is 30.1 Å². The number of alkyl carbamates (subject to hydrolysis) is 2. The number of ether oxygens (including phenoxy) is 4. The largest absolute Gasteiger partial charge is 0.458 e. The summed E-state index contributed by atoms with van der Waals surface area (Å²) in [4.78, 5) is 62.4. The Morgan fingerprint density at radius 2 is 1.34 bits per heavy atom. The molecule has 4 N–H and O–H groups in total. The number of amides is 2. The molecule has 47 heavy (non-hydrogen) atoms. The summed E-state index contributed by atoms with van der Waals surface area (Å²) in [5.74, 6) is -2.75. The number of hydrogen-bond donors (Lipinski definition) is 3. The molecule has 0 saturated heterocycles. The molecule has 0 radical (unpaired) electrons. The van der Waals surface area contributed by atoms with Crippen LogP contribution in [0, 0.1) is 0 Å². The lowest BCUT2D eigenvalue weighted by atomic mass is 9.98. The molecule has 0 heterocycles. The Morgan fingerprint density at radius 1 is 0.766 bits per heavy atom. The third-order valence-corrected chi connectivity index (χ3v) is 7.09. The number of nitrogens with one attached hydrogen (secondary N) is 2. The Labute approximate surface area is 276 Å². The van der Waals surface area contributed by atoms with Crippen molar-refractivity contribution in [3.05, 3.63) is 59.7 Å². The molecule has 12 nitrogen and oxygen atoms in total. The molecular formula is C35H47N3O9. The molecule has 1 aliphatic carbocycles. The van der Waals surface area contributed by atoms with Gasteiger partial charge in [-0.25, -0.2) is 19.2 Å². The highest BCUT2D eigenvalue weighted by molar-refractivity contribution is 5.89. The summed E-state index contributed by atoms with van der Waals surface area (Å²) >= 11 is 0. The minimum absolute atomic E-state index is 0.0341. The predicted molar refractivity (Wildman–Crippen MR) is 174 cm³/mol. The van der Waals surface area contributed by atoms with E-state index in [-0.39, 0.29) is 31.8 Å². The van der Waals surface area contributed by atoms with E-state index in [9.17, 15) is 24.0 Å². The van der Waals surface area contributed by atoms with Gasteiger partial charge in [0.15, 0.2) is 0 Å². The number of fused-ring (bicyclic) bond motifs is 3. The van der Waals surface area contributed by atoms with Crippen LogP contribution in [0.1, 0.15) is 90.7 Å². The zero-order valence-corrected chi connectivity index (χ0v) is 28.1. The van der Waals surface area contributed by atoms with Crippen molar-refractivity contribution in [2.75, 3.05) is 13.2 Å². The normalized spacial score (nSPS) is 13.8. The molecule has 12 heteroatoms. The SMILES string of the molecule is CC(C)(C)OC(=O)NCCCC[C@H](N)C(=O)OC(=O)CC[C@H](NC(=O)OCC1c2ccccc2-c2ccccc21)C(=O)OC(C)(C)C. The second-order valence-electron chi connectivity index (χ2n) is 13.4. The fourth-order valence-electron chi connectivity index (χ4n) is 5.02. The maximum absolute atomic E-state index is 12.9. The monoisotopic (exact) mass is 653 g/mol. The maximum Gasteiger partial charge on any atom is 0.407 e. The van der Waals surface area contributed by atoms with Crippen LogP contribution in [0.5, 0.6) is 0 Å². The van der Waals surface area contributed by atoms with Gasteiger partial charge in [0.2, 0.25) is 0 Å². The highest BCUT2D eigenvalue weighted by atomic mass is 16.6. The third kappa shape index (κ3) is 12.0. The number of unbranched alkanes of at least 4 members (excludes halogenated alkanes) is 1. The highest BCUT2D eigenvalue weighted by Gasteiger charge is 2.32. The highest BCUT2D eigenvalue weighted by Crippen LogP contribution is 2.44. The molecular weight excluding hydrogens is 606 g/mol. The fourth-order valence-corrected chi connectivity index (χ4v) is 5.02. The van der Waals surface area contributed by atoms with Gasteiger partial charge in [0.1, 0.15) is 29.9 Å². The van der Waals surface area contributed by atoms with E-state index in [0.717, 1.165) is 22.3 Å². The van der Waals surface area contributed by atoms with Crippen molar-refractivity contribution in [2.45, 2.75) is 103 Å². The lowest BCUT2D eigenvalue weighted by molar-refractivity contribution is -0.161. The molecule has 256 valence electrons. The summed E-state index contributed by atoms with van der Waals surface area (Å²) in [5.41, 5.74) is 8.65. The van der Waals surface area contributed by atoms with E-state index in [1.165, 1.54) is 0 Å². The quantitative estimate of drug-likeness (QED) is 0.114. The van der Waals surface area contributed by atoms with Crippen molar-refractivity contribution in [3.8, 4) is 11.1 Å². The van der Waals surface area contributed by atoms with Gasteiger partial charge in [0.05, 0.1) is 0 Å². The van der Waals surface area contributed by atoms with Gasteiger partial charge in [-0.15, -0.1) is 0 Å². The number of carbonyl (C=O) groups excluding carboxylic acids is 5. The van der Waals surface area contributed by atoms with Gasteiger partial charge in [-0.05, 0) is 89.5 Å². The van der Waals surface area contributed by atoms with E-state index >= 15 is 0 Å². The van der Waals surface area contributed by atoms with Gasteiger partial charge >= 0.3 is 30.1 Å². The molecule has 3 rings (SSSR count). The van der Waals surface area contributed by atoms with E-state index in [0.29, 0.717) is 19.4 Å². The summed E-state index contributed by atoms with van der Waals surface area (Å²) in [5, 5.41) is 5.13. The summed E-state index contributed by atoms with van der Waals surface area (Å²) < 4.78 is 21.1. The average molecular weight is 654 g/mol. The molecule has 0 saturated carbocycles. The van der Waals surface area contributed by atoms with Crippen LogP contribution < -0.4 is 16.4 Å². The smallest absolute Gasteiger partial charge is 0.407 e. The molecule has 2 amide bonds. The van der Waals surface area contributed by atoms with Crippen LogP contribution in [-0.4, -0.2) is 66.5 Å². The number of carbonyl (C=O) groups is 5. The van der Waals surface area contributed by atoms with Crippen LogP contribution in [0.2, 0.25) is 0 Å². The third-order valence-electron chi connectivity index (χ3n) is 7.09. The zero-order valence-electron chi connectivity index (χ0n) is 28.1. The van der Waals surface area contributed by atoms with Gasteiger partial charge in [0.25, 0.3) is 0 Å². The molecule has 0 aromatic heterocycles. The molecule has 2 atom stereocenters. The number of esters is 3. The number of hydrogen-bond acceptors (Lipinski definition) is 10. The Morgan fingerprint density at radius 3 is 1.91 bits per heavy atom. The van der Waals surface area contributed by atoms with Gasteiger partial charge in [0, 0.05) is 18.9 Å². The molecule has 1 aliphatic rings. The number of nitrogens with two attached hydrogens (primary N) is 1. The molecule has 0 spiro atoms. The van der Waals surface area contributed by atoms with Crippen LogP contribution in [0.4, 0.5) is 9.59 Å². The minimum atomic E-state index is -1.24. The topological polar surface area (TPSA) is 172 Å². The first kappa shape index (κ1) is 37.0. The number of rotatable bonds is 13. The van der Waals surface area contributed by atoms with Crippen molar-refractivity contribution in [1.82, 2.24) is 10.6 Å². The standard InChI is InChI=1S/C35H47N3O9/c1-34(2,3)46-31(41)28(18-19-29(39)45-30(40)27(36)17-11-12-20-37-32(42)47-35(4,5)6)38-33(43)44-21-26-24-15-9-7-13-22(24)23-14-8-10-16-25(23)26/h7-10,13-16,26-28H,11-12,17-21,36H2,1-6H3,(H,37,42)(H,38,43)/t27-,28-/m0/s1. The first-order valence-electron chi connectivity index (χ1n) is 15.9. The Balaban J connectivity index is 1.48. The van der Waals surface area contributed by atoms with Crippen LogP contribution in [0.15, 0.2) is 48.5 Å². The molecule has 0 fully saturated rings. The summed E-state index contributed by atoms with van der Waals surface area (Å²) in [6.45, 7) is 10.7. The molecule has 2 aromatic carbocycles. The second-order valence-corrected chi connectivity index (χ2v) is 13.4. The van der Waals surface area contributed by atoms with Crippen LogP contribution >= 0.6 is 0 Å². The Hall–Kier alpha value is -4.45. The minimum Gasteiger partial charge on any atom is -0.458 e. The summed E-state index contributed by atoms with van der Waals surface area (Å²) in [6, 6.07) is 13.5. The molecule has 0 bridgehead atoms.